The molecule has 2 amide bonds. The molecule has 0 spiro atoms. The van der Waals surface area contributed by atoms with Crippen molar-refractivity contribution in [1.82, 2.24) is 10.2 Å². The topological polar surface area (TPSA) is 58.6 Å². The first kappa shape index (κ1) is 21.0. The van der Waals surface area contributed by atoms with E-state index in [4.69, 9.17) is 4.74 Å². The Morgan fingerprint density at radius 2 is 1.86 bits per heavy atom. The van der Waals surface area contributed by atoms with Crippen molar-refractivity contribution in [3.05, 3.63) is 0 Å². The number of nitrogens with one attached hydrogen (secondary N) is 1. The number of nitrogens with zero attached hydrogens (tertiary/aromatic N) is 1. The molecule has 1 unspecified atom stereocenters. The average Bonchev–Trinajstić information content (AvgIpc) is 3.02. The summed E-state index contributed by atoms with van der Waals surface area (Å²) in [7, 11) is 2.03. The zero-order valence-electron chi connectivity index (χ0n) is 19.0. The van der Waals surface area contributed by atoms with E-state index in [2.05, 4.69) is 31.0 Å². The second-order valence-electron chi connectivity index (χ2n) is 10.9. The van der Waals surface area contributed by atoms with Gasteiger partial charge in [-0.25, -0.2) is 4.79 Å². The third-order valence-electron chi connectivity index (χ3n) is 9.86. The SMILES string of the molecule is CCOC(=O)NC(C)[C@H]1CC[C@H]2[C@@H]3CC[C@H]4N(C)C(=O)CC[C@]4(C)[C@H]3CC[C@]12C. The number of alkyl carbamates (subject to hydrolysis) is 1. The molecular formula is C24H40N2O3. The summed E-state index contributed by atoms with van der Waals surface area (Å²) in [4.78, 5) is 26.4. The van der Waals surface area contributed by atoms with Gasteiger partial charge in [0.05, 0.1) is 6.61 Å². The highest BCUT2D eigenvalue weighted by Crippen LogP contribution is 2.66. The summed E-state index contributed by atoms with van der Waals surface area (Å²) in [5, 5.41) is 3.11. The van der Waals surface area contributed by atoms with E-state index in [1.807, 2.05) is 14.0 Å². The van der Waals surface area contributed by atoms with Crippen molar-refractivity contribution in [2.24, 2.45) is 34.5 Å². The van der Waals surface area contributed by atoms with Crippen LogP contribution < -0.4 is 5.32 Å². The number of carbonyl (C=O) groups is 2. The van der Waals surface area contributed by atoms with Crippen LogP contribution in [0.5, 0.6) is 0 Å². The molecule has 1 N–H and O–H groups in total. The smallest absolute Gasteiger partial charge is 0.407 e. The van der Waals surface area contributed by atoms with E-state index in [1.54, 1.807) is 0 Å². The molecule has 1 aliphatic heterocycles. The van der Waals surface area contributed by atoms with Crippen molar-refractivity contribution in [3.8, 4) is 0 Å². The molecule has 0 aromatic heterocycles. The minimum atomic E-state index is -0.274. The summed E-state index contributed by atoms with van der Waals surface area (Å²) in [6, 6.07) is 0.585. The van der Waals surface area contributed by atoms with Gasteiger partial charge in [-0.15, -0.1) is 0 Å². The van der Waals surface area contributed by atoms with Gasteiger partial charge in [0.15, 0.2) is 0 Å². The number of piperidine rings is 1. The molecular weight excluding hydrogens is 364 g/mol. The fourth-order valence-corrected chi connectivity index (χ4v) is 8.47. The van der Waals surface area contributed by atoms with Crippen LogP contribution in [0.4, 0.5) is 4.79 Å². The number of ether oxygens (including phenoxy) is 1. The lowest BCUT2D eigenvalue weighted by Gasteiger charge is -2.62. The summed E-state index contributed by atoms with van der Waals surface area (Å²) in [6.45, 7) is 9.42. The molecule has 164 valence electrons. The lowest BCUT2D eigenvalue weighted by Crippen LogP contribution is -2.61. The number of hydrogen-bond donors (Lipinski definition) is 1. The van der Waals surface area contributed by atoms with Crippen molar-refractivity contribution in [1.29, 1.82) is 0 Å². The molecule has 4 aliphatic rings. The predicted octanol–water partition coefficient (Wildman–Crippen LogP) is 4.60. The summed E-state index contributed by atoms with van der Waals surface area (Å²) in [6.07, 6.45) is 8.94. The highest BCUT2D eigenvalue weighted by Gasteiger charge is 2.61. The monoisotopic (exact) mass is 404 g/mol. The first-order valence-corrected chi connectivity index (χ1v) is 11.9. The van der Waals surface area contributed by atoms with Crippen molar-refractivity contribution in [2.75, 3.05) is 13.7 Å². The van der Waals surface area contributed by atoms with Crippen LogP contribution in [0.15, 0.2) is 0 Å². The predicted molar refractivity (Wildman–Crippen MR) is 113 cm³/mol. The molecule has 1 heterocycles. The summed E-state index contributed by atoms with van der Waals surface area (Å²) >= 11 is 0. The molecule has 1 saturated heterocycles. The second kappa shape index (κ2) is 7.46. The maximum atomic E-state index is 12.3. The van der Waals surface area contributed by atoms with Crippen molar-refractivity contribution < 1.29 is 14.3 Å². The molecule has 3 aliphatic carbocycles. The largest absolute Gasteiger partial charge is 0.450 e. The van der Waals surface area contributed by atoms with E-state index >= 15 is 0 Å². The summed E-state index contributed by atoms with van der Waals surface area (Å²) < 4.78 is 5.14. The molecule has 29 heavy (non-hydrogen) atoms. The molecule has 0 radical (unpaired) electrons. The van der Waals surface area contributed by atoms with E-state index in [1.165, 1.54) is 32.1 Å². The van der Waals surface area contributed by atoms with Crippen LogP contribution in [-0.4, -0.2) is 42.6 Å². The number of amides is 2. The Balaban J connectivity index is 1.52. The first-order chi connectivity index (χ1) is 13.7. The molecule has 4 rings (SSSR count). The molecule has 8 atom stereocenters. The third kappa shape index (κ3) is 3.18. The van der Waals surface area contributed by atoms with Crippen molar-refractivity contribution in [2.45, 2.75) is 91.1 Å². The first-order valence-electron chi connectivity index (χ1n) is 11.9. The Kier molecular flexibility index (Phi) is 5.40. The standard InChI is InChI=1S/C24H40N2O3/c1-6-29-22(28)25-15(2)17-8-9-18-16-7-10-20-24(4,14-12-21(27)26(20)5)19(16)11-13-23(17,18)3/h15-20H,6-14H2,1-5H3,(H,25,28)/t15?,16-,17+,18-,19-,20+,23+,24+/m0/s1. The minimum Gasteiger partial charge on any atom is -0.450 e. The maximum Gasteiger partial charge on any atom is 0.407 e. The minimum absolute atomic E-state index is 0.158. The zero-order chi connectivity index (χ0) is 21.0. The summed E-state index contributed by atoms with van der Waals surface area (Å²) in [5.41, 5.74) is 0.583. The fourth-order valence-electron chi connectivity index (χ4n) is 8.47. The van der Waals surface area contributed by atoms with E-state index in [9.17, 15) is 9.59 Å². The van der Waals surface area contributed by atoms with Gasteiger partial charge in [0, 0.05) is 25.6 Å². The van der Waals surface area contributed by atoms with Crippen LogP contribution in [-0.2, 0) is 9.53 Å². The maximum absolute atomic E-state index is 12.3. The number of hydrogen-bond acceptors (Lipinski definition) is 3. The highest BCUT2D eigenvalue weighted by molar-refractivity contribution is 5.77. The molecule has 0 aromatic carbocycles. The van der Waals surface area contributed by atoms with Gasteiger partial charge < -0.3 is 15.0 Å². The van der Waals surface area contributed by atoms with Crippen molar-refractivity contribution in [3.63, 3.8) is 0 Å². The second-order valence-corrected chi connectivity index (χ2v) is 10.9. The van der Waals surface area contributed by atoms with Crippen LogP contribution >= 0.6 is 0 Å². The zero-order valence-corrected chi connectivity index (χ0v) is 19.0. The van der Waals surface area contributed by atoms with Gasteiger partial charge in [0.1, 0.15) is 0 Å². The van der Waals surface area contributed by atoms with Gasteiger partial charge in [0.2, 0.25) is 5.91 Å². The number of carbonyl (C=O) groups excluding carboxylic acids is 2. The Morgan fingerprint density at radius 3 is 2.59 bits per heavy atom. The van der Waals surface area contributed by atoms with Gasteiger partial charge in [0.25, 0.3) is 0 Å². The molecule has 0 aromatic rings. The lowest BCUT2D eigenvalue weighted by atomic mass is 9.46. The van der Waals surface area contributed by atoms with Crippen LogP contribution in [0.25, 0.3) is 0 Å². The van der Waals surface area contributed by atoms with Crippen LogP contribution in [0.1, 0.15) is 79.1 Å². The summed E-state index contributed by atoms with van der Waals surface area (Å²) in [5.74, 6) is 3.13. The number of likely N-dealkylation sites (tertiary alicyclic amines) is 1. The van der Waals surface area contributed by atoms with Crippen LogP contribution in [0.3, 0.4) is 0 Å². The average molecular weight is 405 g/mol. The Labute approximate surface area is 176 Å². The van der Waals surface area contributed by atoms with Gasteiger partial charge in [-0.2, -0.15) is 0 Å². The van der Waals surface area contributed by atoms with E-state index in [0.717, 1.165) is 37.0 Å². The van der Waals surface area contributed by atoms with E-state index in [-0.39, 0.29) is 17.6 Å². The quantitative estimate of drug-likeness (QED) is 0.748. The fraction of sp³-hybridized carbons (Fsp3) is 0.917. The van der Waals surface area contributed by atoms with Crippen LogP contribution in [0.2, 0.25) is 0 Å². The van der Waals surface area contributed by atoms with Gasteiger partial charge in [-0.05, 0) is 93.3 Å². The van der Waals surface area contributed by atoms with Gasteiger partial charge in [-0.1, -0.05) is 13.8 Å². The molecule has 0 bridgehead atoms. The van der Waals surface area contributed by atoms with Gasteiger partial charge in [-0.3, -0.25) is 4.79 Å². The van der Waals surface area contributed by atoms with E-state index in [0.29, 0.717) is 29.9 Å². The van der Waals surface area contributed by atoms with Crippen molar-refractivity contribution >= 4 is 12.0 Å². The number of fused-ring (bicyclic) bond motifs is 5. The molecule has 3 saturated carbocycles. The Bertz CT molecular complexity index is 667. The number of rotatable bonds is 3. The Hall–Kier alpha value is -1.26. The lowest BCUT2D eigenvalue weighted by molar-refractivity contribution is -0.158. The third-order valence-corrected chi connectivity index (χ3v) is 9.86. The molecule has 4 fully saturated rings. The molecule has 5 nitrogen and oxygen atoms in total. The van der Waals surface area contributed by atoms with E-state index < -0.39 is 0 Å². The molecule has 5 heteroatoms. The van der Waals surface area contributed by atoms with Gasteiger partial charge >= 0.3 is 6.09 Å². The highest BCUT2D eigenvalue weighted by atomic mass is 16.5. The Morgan fingerprint density at radius 1 is 1.14 bits per heavy atom. The normalized spacial score (nSPS) is 45.1. The van der Waals surface area contributed by atoms with Crippen LogP contribution in [0, 0.1) is 34.5 Å².